The van der Waals surface area contributed by atoms with Crippen molar-refractivity contribution >= 4 is 21.8 Å². The minimum Gasteiger partial charge on any atom is -0.469 e. The number of carbonyl (C=O) groups excluding carboxylic acids is 2. The molecular weight excluding hydrogens is 454 g/mol. The van der Waals surface area contributed by atoms with Gasteiger partial charge in [0.1, 0.15) is 11.3 Å². The minimum atomic E-state index is -3.96. The van der Waals surface area contributed by atoms with E-state index in [1.807, 2.05) is 30.3 Å². The van der Waals surface area contributed by atoms with Crippen LogP contribution in [0.2, 0.25) is 0 Å². The van der Waals surface area contributed by atoms with E-state index in [9.17, 15) is 18.0 Å². The standard InChI is InChI=1S/C25H27N3O5S/c1-25(24(30)26-17-20-9-4-2-5-10-20)19-27(34(31,32)22-12-6-3-7-13-22)18-23(29)28(25)15-14-21-11-8-16-33-21/h2-13,16H,14-15,17-19H2,1H3,(H,26,30). The molecule has 34 heavy (non-hydrogen) atoms. The van der Waals surface area contributed by atoms with Crippen LogP contribution in [-0.4, -0.2) is 54.6 Å². The summed E-state index contributed by atoms with van der Waals surface area (Å²) in [5.41, 5.74) is -0.504. The Morgan fingerprint density at radius 3 is 2.35 bits per heavy atom. The highest BCUT2D eigenvalue weighted by Crippen LogP contribution is 2.28. The summed E-state index contributed by atoms with van der Waals surface area (Å²) in [6.07, 6.45) is 1.96. The van der Waals surface area contributed by atoms with Crippen molar-refractivity contribution in [3.63, 3.8) is 0 Å². The molecule has 2 aromatic carbocycles. The normalized spacial score (nSPS) is 19.2. The van der Waals surface area contributed by atoms with Gasteiger partial charge in [0.05, 0.1) is 17.7 Å². The summed E-state index contributed by atoms with van der Waals surface area (Å²) in [7, 11) is -3.96. The zero-order valence-electron chi connectivity index (χ0n) is 18.9. The van der Waals surface area contributed by atoms with Crippen LogP contribution in [0.15, 0.2) is 88.4 Å². The van der Waals surface area contributed by atoms with E-state index in [2.05, 4.69) is 5.32 Å². The van der Waals surface area contributed by atoms with E-state index in [0.717, 1.165) is 9.87 Å². The third kappa shape index (κ3) is 4.90. The molecule has 8 nitrogen and oxygen atoms in total. The van der Waals surface area contributed by atoms with Crippen LogP contribution in [0, 0.1) is 0 Å². The highest BCUT2D eigenvalue weighted by Gasteiger charge is 2.50. The lowest BCUT2D eigenvalue weighted by Crippen LogP contribution is -2.69. The summed E-state index contributed by atoms with van der Waals surface area (Å²) in [5.74, 6) is -0.175. The van der Waals surface area contributed by atoms with Gasteiger partial charge in [-0.1, -0.05) is 48.5 Å². The molecule has 1 saturated heterocycles. The van der Waals surface area contributed by atoms with Crippen molar-refractivity contribution in [2.75, 3.05) is 19.6 Å². The Kier molecular flexibility index (Phi) is 6.85. The zero-order valence-corrected chi connectivity index (χ0v) is 19.7. The van der Waals surface area contributed by atoms with Gasteiger partial charge in [-0.3, -0.25) is 9.59 Å². The molecule has 1 fully saturated rings. The van der Waals surface area contributed by atoms with Gasteiger partial charge in [0, 0.05) is 26.1 Å². The van der Waals surface area contributed by atoms with E-state index in [1.54, 1.807) is 43.5 Å². The van der Waals surface area contributed by atoms with Crippen LogP contribution in [0.4, 0.5) is 0 Å². The molecule has 4 rings (SSSR count). The van der Waals surface area contributed by atoms with Crippen LogP contribution in [0.25, 0.3) is 0 Å². The number of hydrogen-bond acceptors (Lipinski definition) is 5. The van der Waals surface area contributed by atoms with E-state index >= 15 is 0 Å². The van der Waals surface area contributed by atoms with E-state index in [1.165, 1.54) is 17.0 Å². The average Bonchev–Trinajstić information content (AvgIpc) is 3.36. The first-order valence-corrected chi connectivity index (χ1v) is 12.4. The fraction of sp³-hybridized carbons (Fsp3) is 0.280. The molecule has 1 unspecified atom stereocenters. The van der Waals surface area contributed by atoms with Crippen molar-refractivity contribution in [2.24, 2.45) is 0 Å². The van der Waals surface area contributed by atoms with Crippen molar-refractivity contribution < 1.29 is 22.4 Å². The van der Waals surface area contributed by atoms with E-state index < -0.39 is 27.4 Å². The zero-order chi connectivity index (χ0) is 24.2. The molecule has 0 aliphatic carbocycles. The summed E-state index contributed by atoms with van der Waals surface area (Å²) in [5, 5.41) is 2.89. The summed E-state index contributed by atoms with van der Waals surface area (Å²) in [6.45, 7) is 1.60. The summed E-state index contributed by atoms with van der Waals surface area (Å²) >= 11 is 0. The van der Waals surface area contributed by atoms with Gasteiger partial charge in [0.15, 0.2) is 0 Å². The van der Waals surface area contributed by atoms with Gasteiger partial charge in [0.2, 0.25) is 21.8 Å². The van der Waals surface area contributed by atoms with Gasteiger partial charge in [-0.15, -0.1) is 0 Å². The molecule has 3 aromatic rings. The summed E-state index contributed by atoms with van der Waals surface area (Å²) in [4.78, 5) is 28.3. The molecule has 178 valence electrons. The van der Waals surface area contributed by atoms with Crippen LogP contribution in [0.3, 0.4) is 0 Å². The number of rotatable bonds is 8. The molecule has 1 aliphatic rings. The first-order valence-electron chi connectivity index (χ1n) is 11.0. The number of benzene rings is 2. The first-order chi connectivity index (χ1) is 16.3. The predicted molar refractivity (Wildman–Crippen MR) is 126 cm³/mol. The van der Waals surface area contributed by atoms with Crippen molar-refractivity contribution in [1.82, 2.24) is 14.5 Å². The number of carbonyl (C=O) groups is 2. The van der Waals surface area contributed by atoms with Crippen molar-refractivity contribution in [2.45, 2.75) is 30.3 Å². The SMILES string of the molecule is CC1(C(=O)NCc2ccccc2)CN(S(=O)(=O)c2ccccc2)CC(=O)N1CCc1ccco1. The number of piperazine rings is 1. The Bertz CT molecular complexity index is 1230. The Morgan fingerprint density at radius 2 is 1.71 bits per heavy atom. The Hall–Kier alpha value is -3.43. The molecule has 2 heterocycles. The van der Waals surface area contributed by atoms with Gasteiger partial charge in [0.25, 0.3) is 0 Å². The number of nitrogens with zero attached hydrogens (tertiary/aromatic N) is 2. The molecule has 0 radical (unpaired) electrons. The molecule has 9 heteroatoms. The van der Waals surface area contributed by atoms with Crippen LogP contribution in [-0.2, 0) is 32.6 Å². The lowest BCUT2D eigenvalue weighted by molar-refractivity contribution is -0.152. The molecule has 1 aliphatic heterocycles. The number of amides is 2. The molecule has 1 N–H and O–H groups in total. The Labute approximate surface area is 199 Å². The van der Waals surface area contributed by atoms with Crippen LogP contribution < -0.4 is 5.32 Å². The molecule has 0 bridgehead atoms. The Morgan fingerprint density at radius 1 is 1.03 bits per heavy atom. The molecule has 1 atom stereocenters. The summed E-state index contributed by atoms with van der Waals surface area (Å²) in [6, 6.07) is 20.9. The molecule has 0 spiro atoms. The molecule has 2 amide bonds. The average molecular weight is 482 g/mol. The maximum absolute atomic E-state index is 13.5. The highest BCUT2D eigenvalue weighted by atomic mass is 32.2. The van der Waals surface area contributed by atoms with Crippen LogP contribution in [0.5, 0.6) is 0 Å². The number of furan rings is 1. The predicted octanol–water partition coefficient (Wildman–Crippen LogP) is 2.43. The van der Waals surface area contributed by atoms with Gasteiger partial charge in [-0.2, -0.15) is 4.31 Å². The molecular formula is C25H27N3O5S. The van der Waals surface area contributed by atoms with Gasteiger partial charge in [-0.25, -0.2) is 8.42 Å². The number of sulfonamides is 1. The fourth-order valence-corrected chi connectivity index (χ4v) is 5.62. The molecule has 0 saturated carbocycles. The maximum Gasteiger partial charge on any atom is 0.247 e. The largest absolute Gasteiger partial charge is 0.469 e. The minimum absolute atomic E-state index is 0.0823. The lowest BCUT2D eigenvalue weighted by Gasteiger charge is -2.46. The lowest BCUT2D eigenvalue weighted by atomic mass is 9.95. The van der Waals surface area contributed by atoms with Gasteiger partial charge in [-0.05, 0) is 36.8 Å². The second-order valence-corrected chi connectivity index (χ2v) is 10.3. The Balaban J connectivity index is 1.61. The first kappa shape index (κ1) is 23.7. The third-order valence-electron chi connectivity index (χ3n) is 6.02. The van der Waals surface area contributed by atoms with Gasteiger partial charge < -0.3 is 14.6 Å². The maximum atomic E-state index is 13.5. The fourth-order valence-electron chi connectivity index (χ4n) is 4.12. The van der Waals surface area contributed by atoms with Crippen LogP contribution in [0.1, 0.15) is 18.2 Å². The summed E-state index contributed by atoms with van der Waals surface area (Å²) < 4.78 is 33.0. The smallest absolute Gasteiger partial charge is 0.247 e. The van der Waals surface area contributed by atoms with Crippen molar-refractivity contribution in [1.29, 1.82) is 0 Å². The van der Waals surface area contributed by atoms with Crippen LogP contribution >= 0.6 is 0 Å². The second-order valence-electron chi connectivity index (χ2n) is 8.40. The second kappa shape index (κ2) is 9.82. The third-order valence-corrected chi connectivity index (χ3v) is 7.83. The number of nitrogens with one attached hydrogen (secondary N) is 1. The quantitative estimate of drug-likeness (QED) is 0.533. The topological polar surface area (TPSA) is 99.9 Å². The van der Waals surface area contributed by atoms with Crippen molar-refractivity contribution in [3.8, 4) is 0 Å². The molecule has 1 aromatic heterocycles. The van der Waals surface area contributed by atoms with Crippen molar-refractivity contribution in [3.05, 3.63) is 90.4 Å². The van der Waals surface area contributed by atoms with E-state index in [4.69, 9.17) is 4.42 Å². The van der Waals surface area contributed by atoms with E-state index in [-0.39, 0.29) is 31.1 Å². The number of hydrogen-bond donors (Lipinski definition) is 1. The van der Waals surface area contributed by atoms with Gasteiger partial charge >= 0.3 is 0 Å². The monoisotopic (exact) mass is 481 g/mol. The van der Waals surface area contributed by atoms with E-state index in [0.29, 0.717) is 12.2 Å². The highest BCUT2D eigenvalue weighted by molar-refractivity contribution is 7.89.